The third-order valence-electron chi connectivity index (χ3n) is 4.04. The van der Waals surface area contributed by atoms with Crippen LogP contribution in [0.25, 0.3) is 10.8 Å². The van der Waals surface area contributed by atoms with Crippen molar-refractivity contribution >= 4 is 22.7 Å². The average molecular weight is 354 g/mol. The number of aryl methyl sites for hydroxylation is 1. The van der Waals surface area contributed by atoms with Gasteiger partial charge in [-0.3, -0.25) is 0 Å². The summed E-state index contributed by atoms with van der Waals surface area (Å²) in [6, 6.07) is 12.3. The van der Waals surface area contributed by atoms with Gasteiger partial charge in [0.1, 0.15) is 29.4 Å². The number of carbonyl (C=O) groups excluding carboxylic acids is 2. The molecule has 26 heavy (non-hydrogen) atoms. The summed E-state index contributed by atoms with van der Waals surface area (Å²) in [5, 5.41) is 1.56. The van der Waals surface area contributed by atoms with Crippen LogP contribution < -0.4 is 4.74 Å². The van der Waals surface area contributed by atoms with Crippen LogP contribution in [0.15, 0.2) is 46.9 Å². The molecular formula is C20H18O6. The number of methoxy groups -OCH3 is 2. The van der Waals surface area contributed by atoms with E-state index in [1.165, 1.54) is 13.2 Å². The Morgan fingerprint density at radius 3 is 2.38 bits per heavy atom. The highest BCUT2D eigenvalue weighted by Crippen LogP contribution is 2.29. The predicted molar refractivity (Wildman–Crippen MR) is 94.4 cm³/mol. The molecule has 6 nitrogen and oxygen atoms in total. The Bertz CT molecular complexity index is 970. The van der Waals surface area contributed by atoms with Crippen LogP contribution in [0.1, 0.15) is 32.2 Å². The van der Waals surface area contributed by atoms with Crippen LogP contribution in [0, 0.1) is 6.92 Å². The Balaban J connectivity index is 1.81. The molecule has 0 N–H and O–H groups in total. The number of esters is 2. The summed E-state index contributed by atoms with van der Waals surface area (Å²) in [5.41, 5.74) is 0.742. The fourth-order valence-electron chi connectivity index (χ4n) is 2.77. The van der Waals surface area contributed by atoms with E-state index in [9.17, 15) is 9.59 Å². The number of benzene rings is 2. The molecule has 2 aromatic carbocycles. The molecule has 0 unspecified atom stereocenters. The van der Waals surface area contributed by atoms with Crippen LogP contribution in [0.5, 0.6) is 5.75 Å². The average Bonchev–Trinajstić information content (AvgIpc) is 3.05. The van der Waals surface area contributed by atoms with E-state index >= 15 is 0 Å². The zero-order chi connectivity index (χ0) is 18.7. The normalized spacial score (nSPS) is 10.6. The van der Waals surface area contributed by atoms with E-state index in [-0.39, 0.29) is 6.61 Å². The molecule has 0 radical (unpaired) electrons. The van der Waals surface area contributed by atoms with Crippen molar-refractivity contribution in [3.63, 3.8) is 0 Å². The highest BCUT2D eigenvalue weighted by molar-refractivity contribution is 6.06. The first-order valence-electron chi connectivity index (χ1n) is 7.95. The van der Waals surface area contributed by atoms with E-state index in [4.69, 9.17) is 13.9 Å². The predicted octanol–water partition coefficient (Wildman–Crippen LogP) is 3.89. The van der Waals surface area contributed by atoms with Crippen molar-refractivity contribution in [1.82, 2.24) is 0 Å². The van der Waals surface area contributed by atoms with Gasteiger partial charge in [-0.25, -0.2) is 9.59 Å². The second-order valence-corrected chi connectivity index (χ2v) is 5.61. The lowest BCUT2D eigenvalue weighted by molar-refractivity contribution is 0.0446. The smallest absolute Gasteiger partial charge is 0.341 e. The lowest BCUT2D eigenvalue weighted by Gasteiger charge is -2.10. The second-order valence-electron chi connectivity index (χ2n) is 5.61. The molecule has 0 amide bonds. The minimum absolute atomic E-state index is 0.0863. The maximum absolute atomic E-state index is 12.5. The van der Waals surface area contributed by atoms with Crippen molar-refractivity contribution in [3.8, 4) is 5.75 Å². The first-order valence-corrected chi connectivity index (χ1v) is 7.95. The first-order chi connectivity index (χ1) is 12.5. The molecule has 0 bridgehead atoms. The van der Waals surface area contributed by atoms with E-state index in [0.29, 0.717) is 28.4 Å². The van der Waals surface area contributed by atoms with Crippen LogP contribution >= 0.6 is 0 Å². The van der Waals surface area contributed by atoms with Crippen LogP contribution in [-0.4, -0.2) is 26.2 Å². The third-order valence-corrected chi connectivity index (χ3v) is 4.04. The number of ether oxygens (including phenoxy) is 3. The maximum Gasteiger partial charge on any atom is 0.341 e. The number of rotatable bonds is 5. The van der Waals surface area contributed by atoms with E-state index in [0.717, 1.165) is 10.8 Å². The molecule has 0 atom stereocenters. The molecule has 3 aromatic rings. The number of hydrogen-bond acceptors (Lipinski definition) is 6. The van der Waals surface area contributed by atoms with Gasteiger partial charge >= 0.3 is 11.9 Å². The van der Waals surface area contributed by atoms with Gasteiger partial charge in [0.25, 0.3) is 0 Å². The molecule has 0 spiro atoms. The molecule has 0 fully saturated rings. The molecule has 1 heterocycles. The SMILES string of the molecule is COC(=O)c1cc(COC(=O)c2ccc(OC)c3ccccc23)oc1C. The molecule has 0 saturated carbocycles. The largest absolute Gasteiger partial charge is 0.496 e. The third kappa shape index (κ3) is 3.26. The van der Waals surface area contributed by atoms with Gasteiger partial charge in [0, 0.05) is 5.39 Å². The van der Waals surface area contributed by atoms with E-state index < -0.39 is 11.9 Å². The fourth-order valence-corrected chi connectivity index (χ4v) is 2.77. The van der Waals surface area contributed by atoms with E-state index in [1.807, 2.05) is 24.3 Å². The molecule has 134 valence electrons. The first kappa shape index (κ1) is 17.5. The molecule has 0 aliphatic rings. The summed E-state index contributed by atoms with van der Waals surface area (Å²) in [7, 11) is 2.88. The monoisotopic (exact) mass is 354 g/mol. The van der Waals surface area contributed by atoms with Gasteiger partial charge in [0.05, 0.1) is 19.8 Å². The van der Waals surface area contributed by atoms with Gasteiger partial charge in [-0.15, -0.1) is 0 Å². The Hall–Kier alpha value is -3.28. The van der Waals surface area contributed by atoms with Crippen molar-refractivity contribution in [2.75, 3.05) is 14.2 Å². The van der Waals surface area contributed by atoms with Gasteiger partial charge in [-0.1, -0.05) is 24.3 Å². The summed E-state index contributed by atoms with van der Waals surface area (Å²) >= 11 is 0. The van der Waals surface area contributed by atoms with E-state index in [1.54, 1.807) is 26.2 Å². The fraction of sp³-hybridized carbons (Fsp3) is 0.200. The lowest BCUT2D eigenvalue weighted by atomic mass is 10.0. The van der Waals surface area contributed by atoms with Crippen molar-refractivity contribution in [1.29, 1.82) is 0 Å². The van der Waals surface area contributed by atoms with Crippen molar-refractivity contribution in [2.45, 2.75) is 13.5 Å². The molecule has 6 heteroatoms. The van der Waals surface area contributed by atoms with Crippen LogP contribution in [-0.2, 0) is 16.1 Å². The van der Waals surface area contributed by atoms with Gasteiger partial charge in [0.2, 0.25) is 0 Å². The van der Waals surface area contributed by atoms with Gasteiger partial charge < -0.3 is 18.6 Å². The number of fused-ring (bicyclic) bond motifs is 1. The Morgan fingerprint density at radius 2 is 1.69 bits per heavy atom. The highest BCUT2D eigenvalue weighted by Gasteiger charge is 2.18. The maximum atomic E-state index is 12.5. The Labute approximate surface area is 150 Å². The molecule has 3 rings (SSSR count). The lowest BCUT2D eigenvalue weighted by Crippen LogP contribution is -2.06. The highest BCUT2D eigenvalue weighted by atomic mass is 16.5. The van der Waals surface area contributed by atoms with Crippen molar-refractivity contribution in [3.05, 3.63) is 65.1 Å². The van der Waals surface area contributed by atoms with Crippen LogP contribution in [0.2, 0.25) is 0 Å². The zero-order valence-electron chi connectivity index (χ0n) is 14.7. The summed E-state index contributed by atoms with van der Waals surface area (Å²) < 4.78 is 20.8. The van der Waals surface area contributed by atoms with Crippen molar-refractivity contribution in [2.24, 2.45) is 0 Å². The van der Waals surface area contributed by atoms with Crippen LogP contribution in [0.3, 0.4) is 0 Å². The quantitative estimate of drug-likeness (QED) is 0.647. The molecule has 0 aliphatic carbocycles. The molecule has 0 aliphatic heterocycles. The van der Waals surface area contributed by atoms with Gasteiger partial charge in [0.15, 0.2) is 0 Å². The number of hydrogen-bond donors (Lipinski definition) is 0. The van der Waals surface area contributed by atoms with Gasteiger partial charge in [-0.2, -0.15) is 0 Å². The molecule has 0 saturated heterocycles. The topological polar surface area (TPSA) is 75.0 Å². The number of furan rings is 1. The summed E-state index contributed by atoms with van der Waals surface area (Å²) in [6.07, 6.45) is 0. The summed E-state index contributed by atoms with van der Waals surface area (Å²) in [5.74, 6) is 0.482. The molecule has 1 aromatic heterocycles. The standard InChI is InChI=1S/C20H18O6/c1-12-17(19(21)24-3)10-13(26-12)11-25-20(22)16-8-9-18(23-2)15-7-5-4-6-14(15)16/h4-10H,11H2,1-3H3. The second kappa shape index (κ2) is 7.31. The Morgan fingerprint density at radius 1 is 0.962 bits per heavy atom. The zero-order valence-corrected chi connectivity index (χ0v) is 14.7. The van der Waals surface area contributed by atoms with Crippen LogP contribution in [0.4, 0.5) is 0 Å². The van der Waals surface area contributed by atoms with Crippen molar-refractivity contribution < 1.29 is 28.2 Å². The number of carbonyl (C=O) groups is 2. The van der Waals surface area contributed by atoms with Gasteiger partial charge in [-0.05, 0) is 30.5 Å². The summed E-state index contributed by atoms with van der Waals surface area (Å²) in [4.78, 5) is 24.1. The minimum Gasteiger partial charge on any atom is -0.496 e. The minimum atomic E-state index is -0.495. The Kier molecular flexibility index (Phi) is 4.93. The molecular weight excluding hydrogens is 336 g/mol. The van der Waals surface area contributed by atoms with E-state index in [2.05, 4.69) is 4.74 Å². The summed E-state index contributed by atoms with van der Waals surface area (Å²) in [6.45, 7) is 1.56.